The number of hydrogen-bond acceptors (Lipinski definition) is 4. The van der Waals surface area contributed by atoms with Crippen molar-refractivity contribution in [2.45, 2.75) is 50.5 Å². The predicted molar refractivity (Wildman–Crippen MR) is 146 cm³/mol. The summed E-state index contributed by atoms with van der Waals surface area (Å²) in [4.78, 5) is 37.1. The Morgan fingerprint density at radius 3 is 2.26 bits per heavy atom. The van der Waals surface area contributed by atoms with Crippen LogP contribution in [0, 0.1) is 0 Å². The Kier molecular flexibility index (Phi) is 7.05. The van der Waals surface area contributed by atoms with E-state index in [1.54, 1.807) is 35.0 Å². The summed E-state index contributed by atoms with van der Waals surface area (Å²) < 4.78 is 29.3. The fraction of sp³-hybridized carbons (Fsp3) is 0.483. The fourth-order valence-corrected chi connectivity index (χ4v) is 6.41. The SMILES string of the molecule is O=C(c1ccc2c(c1)cc(C(=O)N1CCC(F)(F)CC1)n2-c1ccnc(Cl)c1)N1CCC(N2CCCC2)CC1. The number of likely N-dealkylation sites (tertiary alicyclic amines) is 3. The van der Waals surface area contributed by atoms with E-state index >= 15 is 0 Å². The van der Waals surface area contributed by atoms with E-state index in [1.165, 1.54) is 17.7 Å². The Morgan fingerprint density at radius 1 is 0.872 bits per heavy atom. The molecule has 0 atom stereocenters. The zero-order valence-corrected chi connectivity index (χ0v) is 22.5. The molecule has 2 aromatic heterocycles. The van der Waals surface area contributed by atoms with Gasteiger partial charge in [0, 0.05) is 62.2 Å². The van der Waals surface area contributed by atoms with Crippen LogP contribution < -0.4 is 0 Å². The van der Waals surface area contributed by atoms with Gasteiger partial charge in [-0.2, -0.15) is 0 Å². The molecule has 0 spiro atoms. The van der Waals surface area contributed by atoms with Gasteiger partial charge in [-0.15, -0.1) is 0 Å². The molecule has 0 unspecified atom stereocenters. The molecule has 0 aliphatic carbocycles. The van der Waals surface area contributed by atoms with Crippen molar-refractivity contribution < 1.29 is 18.4 Å². The summed E-state index contributed by atoms with van der Waals surface area (Å²) in [5.41, 5.74) is 2.28. The molecule has 0 N–H and O–H groups in total. The number of halogens is 3. The van der Waals surface area contributed by atoms with Gasteiger partial charge in [-0.1, -0.05) is 11.6 Å². The van der Waals surface area contributed by atoms with Gasteiger partial charge in [0.1, 0.15) is 10.8 Å². The van der Waals surface area contributed by atoms with Crippen LogP contribution in [0.1, 0.15) is 59.4 Å². The zero-order valence-electron chi connectivity index (χ0n) is 21.8. The number of rotatable bonds is 4. The molecule has 0 radical (unpaired) electrons. The first kappa shape index (κ1) is 26.2. The minimum absolute atomic E-state index is 0.0115. The molecule has 1 aromatic carbocycles. The van der Waals surface area contributed by atoms with Crippen LogP contribution in [0.4, 0.5) is 8.78 Å². The largest absolute Gasteiger partial charge is 0.339 e. The van der Waals surface area contributed by atoms with E-state index in [4.69, 9.17) is 11.6 Å². The second kappa shape index (κ2) is 10.5. The third-order valence-corrected chi connectivity index (χ3v) is 8.63. The smallest absolute Gasteiger partial charge is 0.270 e. The number of fused-ring (bicyclic) bond motifs is 1. The molecule has 3 fully saturated rings. The Labute approximate surface area is 231 Å². The number of nitrogens with zero attached hydrogens (tertiary/aromatic N) is 5. The second-order valence-electron chi connectivity index (χ2n) is 10.9. The second-order valence-corrected chi connectivity index (χ2v) is 11.3. The van der Waals surface area contributed by atoms with Crippen LogP contribution in [-0.2, 0) is 0 Å². The Morgan fingerprint density at radius 2 is 1.56 bits per heavy atom. The van der Waals surface area contributed by atoms with Crippen molar-refractivity contribution in [1.29, 1.82) is 0 Å². The van der Waals surface area contributed by atoms with Crippen LogP contribution >= 0.6 is 11.6 Å². The van der Waals surface area contributed by atoms with Gasteiger partial charge in [0.2, 0.25) is 0 Å². The Hall–Kier alpha value is -3.04. The molecule has 7 nitrogen and oxygen atoms in total. The summed E-state index contributed by atoms with van der Waals surface area (Å²) >= 11 is 6.17. The maximum absolute atomic E-state index is 13.8. The number of aromatic nitrogens is 2. The fourth-order valence-electron chi connectivity index (χ4n) is 6.24. The molecule has 3 saturated heterocycles. The van der Waals surface area contributed by atoms with E-state index in [0.29, 0.717) is 23.0 Å². The average molecular weight is 556 g/mol. The van der Waals surface area contributed by atoms with Gasteiger partial charge >= 0.3 is 0 Å². The number of carbonyl (C=O) groups is 2. The molecule has 2 amide bonds. The molecule has 206 valence electrons. The van der Waals surface area contributed by atoms with Crippen molar-refractivity contribution in [3.63, 3.8) is 0 Å². The molecule has 10 heteroatoms. The molecular formula is C29H32ClF2N5O2. The quantitative estimate of drug-likeness (QED) is 0.413. The van der Waals surface area contributed by atoms with Gasteiger partial charge in [0.15, 0.2) is 0 Å². The third-order valence-electron chi connectivity index (χ3n) is 8.43. The zero-order chi connectivity index (χ0) is 27.1. The number of piperidine rings is 2. The first-order valence-electron chi connectivity index (χ1n) is 13.8. The minimum atomic E-state index is -2.75. The lowest BCUT2D eigenvalue weighted by molar-refractivity contribution is -0.0495. The summed E-state index contributed by atoms with van der Waals surface area (Å²) in [7, 11) is 0. The van der Waals surface area contributed by atoms with Gasteiger partial charge in [-0.05, 0) is 75.2 Å². The summed E-state index contributed by atoms with van der Waals surface area (Å²) in [6.07, 6.45) is 5.35. The molecule has 3 aliphatic rings. The van der Waals surface area contributed by atoms with E-state index in [9.17, 15) is 18.4 Å². The molecule has 3 aromatic rings. The Balaban J connectivity index is 1.29. The van der Waals surface area contributed by atoms with Crippen LogP contribution in [0.2, 0.25) is 5.15 Å². The van der Waals surface area contributed by atoms with Gasteiger partial charge in [0.25, 0.3) is 17.7 Å². The normalized spacial score (nSPS) is 20.6. The molecular weight excluding hydrogens is 524 g/mol. The number of alkyl halides is 2. The highest BCUT2D eigenvalue weighted by atomic mass is 35.5. The van der Waals surface area contributed by atoms with Crippen molar-refractivity contribution in [1.82, 2.24) is 24.3 Å². The highest BCUT2D eigenvalue weighted by Crippen LogP contribution is 2.32. The van der Waals surface area contributed by atoms with Crippen molar-refractivity contribution in [3.8, 4) is 5.69 Å². The molecule has 6 rings (SSSR count). The van der Waals surface area contributed by atoms with Crippen LogP contribution in [-0.4, -0.2) is 87.3 Å². The average Bonchev–Trinajstić information content (AvgIpc) is 3.61. The third kappa shape index (κ3) is 5.26. The molecule has 0 saturated carbocycles. The number of carbonyl (C=O) groups excluding carboxylic acids is 2. The van der Waals surface area contributed by atoms with E-state index in [-0.39, 0.29) is 42.9 Å². The number of hydrogen-bond donors (Lipinski definition) is 0. The molecule has 5 heterocycles. The minimum Gasteiger partial charge on any atom is -0.339 e. The maximum atomic E-state index is 13.8. The van der Waals surface area contributed by atoms with Crippen LogP contribution in [0.5, 0.6) is 0 Å². The highest BCUT2D eigenvalue weighted by molar-refractivity contribution is 6.29. The van der Waals surface area contributed by atoms with Crippen molar-refractivity contribution in [3.05, 3.63) is 59.0 Å². The lowest BCUT2D eigenvalue weighted by Gasteiger charge is -2.36. The molecule has 0 bridgehead atoms. The van der Waals surface area contributed by atoms with Crippen LogP contribution in [0.15, 0.2) is 42.6 Å². The van der Waals surface area contributed by atoms with Gasteiger partial charge in [0.05, 0.1) is 11.2 Å². The summed E-state index contributed by atoms with van der Waals surface area (Å²) in [6.45, 7) is 3.77. The molecule has 3 aliphatic heterocycles. The Bertz CT molecular complexity index is 1390. The lowest BCUT2D eigenvalue weighted by atomic mass is 10.0. The molecule has 39 heavy (non-hydrogen) atoms. The summed E-state index contributed by atoms with van der Waals surface area (Å²) in [5.74, 6) is -3.09. The van der Waals surface area contributed by atoms with Crippen molar-refractivity contribution in [2.24, 2.45) is 0 Å². The lowest BCUT2D eigenvalue weighted by Crippen LogP contribution is -2.45. The van der Waals surface area contributed by atoms with Crippen molar-refractivity contribution in [2.75, 3.05) is 39.3 Å². The van der Waals surface area contributed by atoms with Gasteiger partial charge in [-0.25, -0.2) is 13.8 Å². The van der Waals surface area contributed by atoms with Crippen LogP contribution in [0.25, 0.3) is 16.6 Å². The summed E-state index contributed by atoms with van der Waals surface area (Å²) in [6, 6.07) is 11.2. The monoisotopic (exact) mass is 555 g/mol. The van der Waals surface area contributed by atoms with E-state index < -0.39 is 5.92 Å². The van der Waals surface area contributed by atoms with Gasteiger partial charge < -0.3 is 19.3 Å². The topological polar surface area (TPSA) is 61.7 Å². The predicted octanol–water partition coefficient (Wildman–Crippen LogP) is 5.25. The highest BCUT2D eigenvalue weighted by Gasteiger charge is 2.37. The summed E-state index contributed by atoms with van der Waals surface area (Å²) in [5, 5.41) is 1.00. The van der Waals surface area contributed by atoms with E-state index in [1.807, 2.05) is 17.0 Å². The van der Waals surface area contributed by atoms with E-state index in [0.717, 1.165) is 49.9 Å². The first-order chi connectivity index (χ1) is 18.8. The number of benzene rings is 1. The maximum Gasteiger partial charge on any atom is 0.270 e. The first-order valence-corrected chi connectivity index (χ1v) is 14.1. The van der Waals surface area contributed by atoms with Crippen LogP contribution in [0.3, 0.4) is 0 Å². The number of pyridine rings is 1. The van der Waals surface area contributed by atoms with Gasteiger partial charge in [-0.3, -0.25) is 9.59 Å². The van der Waals surface area contributed by atoms with Crippen molar-refractivity contribution >= 4 is 34.3 Å². The number of amides is 2. The van der Waals surface area contributed by atoms with E-state index in [2.05, 4.69) is 9.88 Å². The standard InChI is InChI=1S/C29H32ClF2N5O2/c30-26-19-23(5-10-33-26)37-24-4-3-20(27(38)35-13-6-22(7-14-35)34-11-1-2-12-34)17-21(24)18-25(37)28(39)36-15-8-29(31,32)9-16-36/h3-5,10,17-19,22H,1-2,6-9,11-16H2.